The number of alkyl halides is 3. The molecule has 0 saturated heterocycles. The van der Waals surface area contributed by atoms with Crippen molar-refractivity contribution >= 4 is 0 Å². The molecule has 14 heavy (non-hydrogen) atoms. The van der Waals surface area contributed by atoms with E-state index >= 15 is 0 Å². The zero-order chi connectivity index (χ0) is 10.8. The Morgan fingerprint density at radius 2 is 2.21 bits per heavy atom. The molecule has 3 nitrogen and oxygen atoms in total. The second kappa shape index (κ2) is 3.54. The topological polar surface area (TPSA) is 34.9 Å². The molecule has 74 valence electrons. The second-order valence-electron chi connectivity index (χ2n) is 2.44. The van der Waals surface area contributed by atoms with Crippen molar-refractivity contribution < 1.29 is 13.2 Å². The maximum absolute atomic E-state index is 12.0. The summed E-state index contributed by atoms with van der Waals surface area (Å²) in [7, 11) is 0. The first-order chi connectivity index (χ1) is 6.45. The molecule has 0 spiro atoms. The zero-order valence-corrected chi connectivity index (χ0v) is 6.88. The lowest BCUT2D eigenvalue weighted by Gasteiger charge is -2.05. The number of halogens is 3. The van der Waals surface area contributed by atoms with Crippen LogP contribution in [0.1, 0.15) is 5.69 Å². The van der Waals surface area contributed by atoms with Crippen molar-refractivity contribution in [3.63, 3.8) is 0 Å². The van der Waals surface area contributed by atoms with Crippen molar-refractivity contribution in [2.45, 2.75) is 12.7 Å². The van der Waals surface area contributed by atoms with Crippen molar-refractivity contribution in [3.05, 3.63) is 28.4 Å². The predicted octanol–water partition coefficient (Wildman–Crippen LogP) is 0.895. The smallest absolute Gasteiger partial charge is 0.287 e. The van der Waals surface area contributed by atoms with Gasteiger partial charge in [0, 0.05) is 6.07 Å². The third-order valence-electron chi connectivity index (χ3n) is 1.43. The van der Waals surface area contributed by atoms with E-state index in [0.717, 1.165) is 10.9 Å². The Labute approximate surface area is 77.2 Å². The highest BCUT2D eigenvalue weighted by Crippen LogP contribution is 2.25. The van der Waals surface area contributed by atoms with Gasteiger partial charge in [0.15, 0.2) is 5.69 Å². The molecule has 0 N–H and O–H groups in total. The average Bonchev–Trinajstić information content (AvgIpc) is 2.07. The van der Waals surface area contributed by atoms with Crippen molar-refractivity contribution in [2.24, 2.45) is 0 Å². The molecule has 1 aromatic rings. The standard InChI is InChI=1S/C8H5F3N2O/c1-2-3-13-5-12-6(4-7(13)14)8(9,10)11/h1,4-5H,3H2. The highest BCUT2D eigenvalue weighted by molar-refractivity contribution is 5.04. The van der Waals surface area contributed by atoms with E-state index in [4.69, 9.17) is 6.42 Å². The number of aromatic nitrogens is 2. The predicted molar refractivity (Wildman–Crippen MR) is 42.3 cm³/mol. The fourth-order valence-corrected chi connectivity index (χ4v) is 0.798. The van der Waals surface area contributed by atoms with Gasteiger partial charge >= 0.3 is 6.18 Å². The first-order valence-electron chi connectivity index (χ1n) is 3.52. The van der Waals surface area contributed by atoms with E-state index in [0.29, 0.717) is 6.07 Å². The van der Waals surface area contributed by atoms with Gasteiger partial charge in [-0.2, -0.15) is 13.2 Å². The molecule has 0 bridgehead atoms. The molecule has 0 aliphatic rings. The summed E-state index contributed by atoms with van der Waals surface area (Å²) in [5.41, 5.74) is -2.03. The molecule has 0 unspecified atom stereocenters. The molecule has 0 fully saturated rings. The van der Waals surface area contributed by atoms with E-state index in [1.807, 2.05) is 0 Å². The number of hydrogen-bond acceptors (Lipinski definition) is 2. The van der Waals surface area contributed by atoms with Gasteiger partial charge in [-0.05, 0) is 0 Å². The Bertz CT molecular complexity index is 427. The largest absolute Gasteiger partial charge is 0.433 e. The van der Waals surface area contributed by atoms with Gasteiger partial charge in [-0.3, -0.25) is 9.36 Å². The Kier molecular flexibility index (Phi) is 2.60. The van der Waals surface area contributed by atoms with Gasteiger partial charge in [0.05, 0.1) is 12.9 Å². The van der Waals surface area contributed by atoms with Crippen molar-refractivity contribution in [2.75, 3.05) is 0 Å². The lowest BCUT2D eigenvalue weighted by Crippen LogP contribution is -2.22. The Morgan fingerprint density at radius 1 is 1.57 bits per heavy atom. The lowest BCUT2D eigenvalue weighted by atomic mass is 10.4. The van der Waals surface area contributed by atoms with Crippen LogP contribution < -0.4 is 5.56 Å². The Hall–Kier alpha value is -1.77. The number of terminal acetylenes is 1. The van der Waals surface area contributed by atoms with Gasteiger partial charge in [-0.15, -0.1) is 6.42 Å². The van der Waals surface area contributed by atoms with Gasteiger partial charge in [-0.25, -0.2) is 4.98 Å². The van der Waals surface area contributed by atoms with Gasteiger partial charge in [-0.1, -0.05) is 5.92 Å². The number of nitrogens with zero attached hydrogens (tertiary/aromatic N) is 2. The van der Waals surface area contributed by atoms with E-state index in [2.05, 4.69) is 10.9 Å². The molecule has 0 aliphatic heterocycles. The van der Waals surface area contributed by atoms with Crippen molar-refractivity contribution in [1.29, 1.82) is 0 Å². The molecule has 1 aromatic heterocycles. The Morgan fingerprint density at radius 3 is 2.64 bits per heavy atom. The minimum Gasteiger partial charge on any atom is -0.287 e. The molecule has 0 saturated carbocycles. The van der Waals surface area contributed by atoms with Crippen LogP contribution in [0.3, 0.4) is 0 Å². The van der Waals surface area contributed by atoms with Crippen LogP contribution in [0.25, 0.3) is 0 Å². The molecular formula is C8H5F3N2O. The summed E-state index contributed by atoms with van der Waals surface area (Å²) in [6.45, 7) is -0.0933. The van der Waals surface area contributed by atoms with Crippen LogP contribution in [0.15, 0.2) is 17.2 Å². The van der Waals surface area contributed by atoms with Gasteiger partial charge < -0.3 is 0 Å². The summed E-state index contributed by atoms with van der Waals surface area (Å²) in [5, 5.41) is 0. The van der Waals surface area contributed by atoms with Crippen LogP contribution in [0.2, 0.25) is 0 Å². The molecule has 0 radical (unpaired) electrons. The molecule has 0 amide bonds. The number of hydrogen-bond donors (Lipinski definition) is 0. The summed E-state index contributed by atoms with van der Waals surface area (Å²) in [6.07, 6.45) is 1.07. The molecule has 0 aromatic carbocycles. The highest BCUT2D eigenvalue weighted by Gasteiger charge is 2.32. The first kappa shape index (κ1) is 10.3. The van der Waals surface area contributed by atoms with Crippen LogP contribution in [0, 0.1) is 12.3 Å². The fraction of sp³-hybridized carbons (Fsp3) is 0.250. The van der Waals surface area contributed by atoms with Crippen LogP contribution >= 0.6 is 0 Å². The lowest BCUT2D eigenvalue weighted by molar-refractivity contribution is -0.141. The Balaban J connectivity index is 3.15. The van der Waals surface area contributed by atoms with Gasteiger partial charge in [0.2, 0.25) is 0 Å². The van der Waals surface area contributed by atoms with Gasteiger partial charge in [0.25, 0.3) is 5.56 Å². The first-order valence-corrected chi connectivity index (χ1v) is 3.52. The van der Waals surface area contributed by atoms with Crippen molar-refractivity contribution in [3.8, 4) is 12.3 Å². The summed E-state index contributed by atoms with van der Waals surface area (Å²) in [6, 6.07) is 0.414. The van der Waals surface area contributed by atoms with Crippen LogP contribution in [0.4, 0.5) is 13.2 Å². The normalized spacial score (nSPS) is 11.0. The summed E-state index contributed by atoms with van der Waals surface area (Å²) in [4.78, 5) is 14.1. The fourth-order valence-electron chi connectivity index (χ4n) is 0.798. The van der Waals surface area contributed by atoms with E-state index in [9.17, 15) is 18.0 Å². The summed E-state index contributed by atoms with van der Waals surface area (Å²) in [5.74, 6) is 2.12. The summed E-state index contributed by atoms with van der Waals surface area (Å²) < 4.78 is 37.0. The highest BCUT2D eigenvalue weighted by atomic mass is 19.4. The second-order valence-corrected chi connectivity index (χ2v) is 2.44. The van der Waals surface area contributed by atoms with Crippen LogP contribution in [-0.2, 0) is 12.7 Å². The van der Waals surface area contributed by atoms with Crippen LogP contribution in [0.5, 0.6) is 0 Å². The van der Waals surface area contributed by atoms with E-state index in [1.54, 1.807) is 0 Å². The third kappa shape index (κ3) is 2.13. The SMILES string of the molecule is C#CCn1cnc(C(F)(F)F)cc1=O. The molecule has 1 rings (SSSR count). The molecule has 1 heterocycles. The molecular weight excluding hydrogens is 197 g/mol. The maximum Gasteiger partial charge on any atom is 0.433 e. The molecule has 0 atom stereocenters. The van der Waals surface area contributed by atoms with E-state index < -0.39 is 17.4 Å². The van der Waals surface area contributed by atoms with E-state index in [1.165, 1.54) is 0 Å². The van der Waals surface area contributed by atoms with Gasteiger partial charge in [0.1, 0.15) is 0 Å². The van der Waals surface area contributed by atoms with Crippen molar-refractivity contribution in [1.82, 2.24) is 9.55 Å². The van der Waals surface area contributed by atoms with Crippen LogP contribution in [-0.4, -0.2) is 9.55 Å². The third-order valence-corrected chi connectivity index (χ3v) is 1.43. The summed E-state index contributed by atoms with van der Waals surface area (Å²) >= 11 is 0. The molecule has 0 aliphatic carbocycles. The maximum atomic E-state index is 12.0. The number of rotatable bonds is 1. The molecule has 6 heteroatoms. The monoisotopic (exact) mass is 202 g/mol. The zero-order valence-electron chi connectivity index (χ0n) is 6.88. The minimum absolute atomic E-state index is 0.0933. The van der Waals surface area contributed by atoms with E-state index in [-0.39, 0.29) is 6.54 Å². The minimum atomic E-state index is -4.60. The quantitative estimate of drug-likeness (QED) is 0.634. The average molecular weight is 202 g/mol.